The van der Waals surface area contributed by atoms with E-state index in [1.165, 1.54) is 0 Å². The maximum absolute atomic E-state index is 6.02. The molecule has 6 nitrogen and oxygen atoms in total. The molecule has 1 aromatic heterocycles. The van der Waals surface area contributed by atoms with Crippen LogP contribution in [-0.2, 0) is 0 Å². The van der Waals surface area contributed by atoms with E-state index < -0.39 is 0 Å². The molecule has 0 spiro atoms. The topological polar surface area (TPSA) is 54.7 Å². The second kappa shape index (κ2) is 10.9. The summed E-state index contributed by atoms with van der Waals surface area (Å²) >= 11 is 6.02. The molecule has 0 saturated carbocycles. The highest BCUT2D eigenvalue weighted by Gasteiger charge is 2.29. The van der Waals surface area contributed by atoms with Crippen molar-refractivity contribution in [2.75, 3.05) is 26.7 Å². The van der Waals surface area contributed by atoms with Gasteiger partial charge >= 0.3 is 0 Å². The van der Waals surface area contributed by atoms with E-state index in [2.05, 4.69) is 31.7 Å². The smallest absolute Gasteiger partial charge is 0.193 e. The zero-order valence-corrected chi connectivity index (χ0v) is 19.7. The Bertz CT molecular complexity index is 755. The number of benzene rings is 1. The Morgan fingerprint density at radius 2 is 2.29 bits per heavy atom. The van der Waals surface area contributed by atoms with Crippen molar-refractivity contribution in [2.24, 2.45) is 10.9 Å². The van der Waals surface area contributed by atoms with Crippen LogP contribution in [0.1, 0.15) is 26.3 Å². The summed E-state index contributed by atoms with van der Waals surface area (Å²) < 4.78 is 8.15. The number of hydrogen-bond acceptors (Lipinski definition) is 3. The predicted molar refractivity (Wildman–Crippen MR) is 125 cm³/mol. The maximum Gasteiger partial charge on any atom is 0.193 e. The Labute approximate surface area is 189 Å². The minimum Gasteiger partial charge on any atom is -0.489 e. The number of aromatic nitrogens is 2. The summed E-state index contributed by atoms with van der Waals surface area (Å²) in [5.41, 5.74) is 0. The van der Waals surface area contributed by atoms with Crippen LogP contribution in [-0.4, -0.2) is 53.2 Å². The zero-order valence-electron chi connectivity index (χ0n) is 16.6. The van der Waals surface area contributed by atoms with Crippen LogP contribution in [0, 0.1) is 5.92 Å². The van der Waals surface area contributed by atoms with Crippen molar-refractivity contribution in [1.82, 2.24) is 19.8 Å². The molecule has 3 atom stereocenters. The molecule has 3 unspecified atom stereocenters. The Balaban J connectivity index is 0.00000280. The summed E-state index contributed by atoms with van der Waals surface area (Å²) in [5.74, 6) is 2.30. The largest absolute Gasteiger partial charge is 0.489 e. The van der Waals surface area contributed by atoms with Gasteiger partial charge in [0.1, 0.15) is 11.9 Å². The van der Waals surface area contributed by atoms with Gasteiger partial charge in [0.25, 0.3) is 0 Å². The fraction of sp³-hybridized carbons (Fsp3) is 0.500. The molecule has 1 aliphatic heterocycles. The third-order valence-electron chi connectivity index (χ3n) is 5.02. The van der Waals surface area contributed by atoms with E-state index in [1.54, 1.807) is 0 Å². The van der Waals surface area contributed by atoms with E-state index in [1.807, 2.05) is 57.0 Å². The van der Waals surface area contributed by atoms with Crippen molar-refractivity contribution in [3.05, 3.63) is 48.0 Å². The van der Waals surface area contributed by atoms with Gasteiger partial charge in [0, 0.05) is 37.6 Å². The lowest BCUT2D eigenvalue weighted by Gasteiger charge is -2.39. The molecule has 1 aromatic carbocycles. The van der Waals surface area contributed by atoms with Gasteiger partial charge in [-0.2, -0.15) is 0 Å². The lowest BCUT2D eigenvalue weighted by molar-refractivity contribution is 0.184. The maximum atomic E-state index is 6.02. The molecular formula is C20H29ClIN5O. The minimum atomic E-state index is -0.00613. The number of ether oxygens (including phenoxy) is 1. The molecule has 1 saturated heterocycles. The molecule has 8 heteroatoms. The van der Waals surface area contributed by atoms with Gasteiger partial charge < -0.3 is 19.5 Å². The van der Waals surface area contributed by atoms with Crippen molar-refractivity contribution in [2.45, 2.75) is 32.4 Å². The van der Waals surface area contributed by atoms with E-state index in [-0.39, 0.29) is 30.1 Å². The van der Waals surface area contributed by atoms with Gasteiger partial charge in [-0.15, -0.1) is 24.0 Å². The van der Waals surface area contributed by atoms with Gasteiger partial charge in [-0.1, -0.05) is 24.6 Å². The van der Waals surface area contributed by atoms with Crippen LogP contribution in [0.15, 0.2) is 48.0 Å². The Morgan fingerprint density at radius 3 is 2.96 bits per heavy atom. The van der Waals surface area contributed by atoms with Gasteiger partial charge in [0.2, 0.25) is 0 Å². The first-order chi connectivity index (χ1) is 13.1. The van der Waals surface area contributed by atoms with Gasteiger partial charge in [-0.05, 0) is 37.5 Å². The van der Waals surface area contributed by atoms with Crippen molar-refractivity contribution >= 4 is 41.5 Å². The van der Waals surface area contributed by atoms with Crippen molar-refractivity contribution in [3.63, 3.8) is 0 Å². The number of imidazole rings is 1. The minimum absolute atomic E-state index is 0. The standard InChI is InChI=1S/C20H28ClN5O.HI/c1-15-7-9-25(13-19(15)26-10-8-23-14-26)20(22-3)24-12-16(2)27-18-6-4-5-17(21)11-18;/h4-6,8,10-11,14-16,19H,7,9,12-13H2,1-3H3,(H,22,24);1H. The third kappa shape index (κ3) is 6.01. The number of likely N-dealkylation sites (tertiary alicyclic amines) is 1. The number of piperidine rings is 1. The zero-order chi connectivity index (χ0) is 19.2. The van der Waals surface area contributed by atoms with Crippen LogP contribution < -0.4 is 10.1 Å². The lowest BCUT2D eigenvalue weighted by atomic mass is 9.93. The summed E-state index contributed by atoms with van der Waals surface area (Å²) in [5, 5.41) is 4.12. The fourth-order valence-electron chi connectivity index (χ4n) is 3.48. The molecular weight excluding hydrogens is 489 g/mol. The Kier molecular flexibility index (Phi) is 8.88. The fourth-order valence-corrected chi connectivity index (χ4v) is 3.66. The van der Waals surface area contributed by atoms with Crippen LogP contribution in [0.5, 0.6) is 5.75 Å². The van der Waals surface area contributed by atoms with Crippen LogP contribution in [0.2, 0.25) is 5.02 Å². The lowest BCUT2D eigenvalue weighted by Crippen LogP contribution is -2.50. The van der Waals surface area contributed by atoms with Crippen molar-refractivity contribution in [3.8, 4) is 5.75 Å². The van der Waals surface area contributed by atoms with Gasteiger partial charge in [-0.3, -0.25) is 4.99 Å². The predicted octanol–water partition coefficient (Wildman–Crippen LogP) is 4.08. The summed E-state index contributed by atoms with van der Waals surface area (Å²) in [6.07, 6.45) is 6.91. The number of rotatable bonds is 5. The molecule has 1 fully saturated rings. The third-order valence-corrected chi connectivity index (χ3v) is 5.25. The van der Waals surface area contributed by atoms with E-state index in [0.29, 0.717) is 23.5 Å². The molecule has 0 radical (unpaired) electrons. The number of halogens is 2. The van der Waals surface area contributed by atoms with Crippen LogP contribution >= 0.6 is 35.6 Å². The average Bonchev–Trinajstić information content (AvgIpc) is 3.18. The molecule has 154 valence electrons. The van der Waals surface area contributed by atoms with Crippen LogP contribution in [0.25, 0.3) is 0 Å². The van der Waals surface area contributed by atoms with E-state index in [0.717, 1.165) is 31.2 Å². The summed E-state index contributed by atoms with van der Waals surface area (Å²) in [4.78, 5) is 11.0. The number of guanidine groups is 1. The van der Waals surface area contributed by atoms with Gasteiger partial charge in [0.15, 0.2) is 5.96 Å². The summed E-state index contributed by atoms with van der Waals surface area (Å²) in [6.45, 7) is 6.92. The second-order valence-corrected chi connectivity index (χ2v) is 7.54. The number of hydrogen-bond donors (Lipinski definition) is 1. The Morgan fingerprint density at radius 1 is 1.46 bits per heavy atom. The van der Waals surface area contributed by atoms with Gasteiger partial charge in [0.05, 0.1) is 18.9 Å². The highest BCUT2D eigenvalue weighted by molar-refractivity contribution is 14.0. The second-order valence-electron chi connectivity index (χ2n) is 7.10. The molecule has 28 heavy (non-hydrogen) atoms. The highest BCUT2D eigenvalue weighted by atomic mass is 127. The van der Waals surface area contributed by atoms with Crippen LogP contribution in [0.4, 0.5) is 0 Å². The first kappa shape index (κ1) is 22.8. The number of aliphatic imine (C=N–C) groups is 1. The molecule has 0 bridgehead atoms. The van der Waals surface area contributed by atoms with E-state index in [4.69, 9.17) is 16.3 Å². The molecule has 0 aliphatic carbocycles. The molecule has 2 heterocycles. The molecule has 1 N–H and O–H groups in total. The molecule has 1 aliphatic rings. The average molecular weight is 518 g/mol. The first-order valence-corrected chi connectivity index (χ1v) is 9.80. The number of nitrogens with zero attached hydrogens (tertiary/aromatic N) is 4. The van der Waals surface area contributed by atoms with E-state index in [9.17, 15) is 0 Å². The molecule has 3 rings (SSSR count). The first-order valence-electron chi connectivity index (χ1n) is 9.42. The SMILES string of the molecule is CN=C(NCC(C)Oc1cccc(Cl)c1)N1CCC(C)C(n2ccnc2)C1.I. The van der Waals surface area contributed by atoms with Crippen molar-refractivity contribution in [1.29, 1.82) is 0 Å². The molecule has 0 amide bonds. The van der Waals surface area contributed by atoms with Crippen molar-refractivity contribution < 1.29 is 4.74 Å². The summed E-state index contributed by atoms with van der Waals surface area (Å²) in [7, 11) is 1.83. The Hall–Kier alpha value is -1.48. The van der Waals surface area contributed by atoms with Crippen LogP contribution in [0.3, 0.4) is 0 Å². The normalized spacial score (nSPS) is 21.0. The monoisotopic (exact) mass is 517 g/mol. The quantitative estimate of drug-likeness (QED) is 0.369. The molecule has 2 aromatic rings. The highest BCUT2D eigenvalue weighted by Crippen LogP contribution is 2.27. The van der Waals surface area contributed by atoms with Gasteiger partial charge in [-0.25, -0.2) is 4.98 Å². The number of nitrogens with one attached hydrogen (secondary N) is 1. The summed E-state index contributed by atoms with van der Waals surface area (Å²) in [6, 6.07) is 7.88. The van der Waals surface area contributed by atoms with E-state index >= 15 is 0 Å².